The lowest BCUT2D eigenvalue weighted by molar-refractivity contribution is 0.205. The van der Waals surface area contributed by atoms with E-state index < -0.39 is 9.84 Å². The fraction of sp³-hybridized carbons (Fsp3) is 0.538. The van der Waals surface area contributed by atoms with Crippen molar-refractivity contribution in [2.45, 2.75) is 11.8 Å². The summed E-state index contributed by atoms with van der Waals surface area (Å²) in [6, 6.07) is 6.90. The second-order valence-electron chi connectivity index (χ2n) is 4.07. The Hall–Kier alpha value is -0.780. The minimum Gasteiger partial charge on any atom is -0.383 e. The molecule has 0 radical (unpaired) electrons. The van der Waals surface area contributed by atoms with Gasteiger partial charge < -0.3 is 9.64 Å². The van der Waals surface area contributed by atoms with E-state index >= 15 is 0 Å². The van der Waals surface area contributed by atoms with Crippen molar-refractivity contribution < 1.29 is 13.2 Å². The Balaban J connectivity index is 2.88. The van der Waals surface area contributed by atoms with Crippen LogP contribution in [0, 0.1) is 0 Å². The maximum absolute atomic E-state index is 11.7. The Morgan fingerprint density at radius 2 is 1.84 bits per heavy atom. The molecule has 0 atom stereocenters. The van der Waals surface area contributed by atoms with Gasteiger partial charge in [0.25, 0.3) is 0 Å². The van der Waals surface area contributed by atoms with Crippen LogP contribution in [0.1, 0.15) is 6.92 Å². The third-order valence-corrected chi connectivity index (χ3v) is 4.78. The first-order valence-corrected chi connectivity index (χ1v) is 8.36. The Morgan fingerprint density at radius 1 is 1.21 bits per heavy atom. The Labute approximate surface area is 120 Å². The van der Waals surface area contributed by atoms with E-state index in [-0.39, 0.29) is 5.75 Å². The van der Waals surface area contributed by atoms with Gasteiger partial charge in [-0.05, 0) is 24.3 Å². The van der Waals surface area contributed by atoms with Crippen molar-refractivity contribution in [2.24, 2.45) is 0 Å². The minimum absolute atomic E-state index is 0.113. The number of methoxy groups -OCH3 is 1. The van der Waals surface area contributed by atoms with Crippen LogP contribution in [-0.2, 0) is 14.6 Å². The third kappa shape index (κ3) is 4.67. The molecule has 0 spiro atoms. The first kappa shape index (κ1) is 16.3. The molecule has 0 amide bonds. The van der Waals surface area contributed by atoms with Gasteiger partial charge in [0.2, 0.25) is 0 Å². The number of anilines is 1. The van der Waals surface area contributed by atoms with Crippen LogP contribution in [0.15, 0.2) is 29.2 Å². The average molecular weight is 306 g/mol. The molecule has 0 N–H and O–H groups in total. The second kappa shape index (κ2) is 7.72. The van der Waals surface area contributed by atoms with Gasteiger partial charge in [-0.25, -0.2) is 8.42 Å². The number of ether oxygens (including phenoxy) is 1. The van der Waals surface area contributed by atoms with E-state index in [1.165, 1.54) is 0 Å². The van der Waals surface area contributed by atoms with E-state index in [9.17, 15) is 8.42 Å². The van der Waals surface area contributed by atoms with Crippen LogP contribution in [0.4, 0.5) is 5.69 Å². The number of halogens is 1. The number of nitrogens with zero attached hydrogens (tertiary/aromatic N) is 1. The van der Waals surface area contributed by atoms with Gasteiger partial charge in [-0.3, -0.25) is 0 Å². The molecule has 1 aromatic carbocycles. The van der Waals surface area contributed by atoms with Crippen LogP contribution in [0.25, 0.3) is 0 Å². The molecular weight excluding hydrogens is 286 g/mol. The van der Waals surface area contributed by atoms with Crippen LogP contribution in [0.3, 0.4) is 0 Å². The molecule has 0 heterocycles. The predicted octanol–water partition coefficient (Wildman–Crippen LogP) is 2.17. The molecule has 0 saturated carbocycles. The van der Waals surface area contributed by atoms with Gasteiger partial charge in [0.05, 0.1) is 17.3 Å². The van der Waals surface area contributed by atoms with Crippen molar-refractivity contribution in [1.82, 2.24) is 0 Å². The van der Waals surface area contributed by atoms with Gasteiger partial charge in [0.1, 0.15) is 0 Å². The summed E-state index contributed by atoms with van der Waals surface area (Å²) in [4.78, 5) is 2.43. The molecule has 0 bridgehead atoms. The second-order valence-corrected chi connectivity index (χ2v) is 6.72. The Kier molecular flexibility index (Phi) is 6.62. The van der Waals surface area contributed by atoms with Crippen molar-refractivity contribution in [3.8, 4) is 0 Å². The molecule has 0 saturated heterocycles. The van der Waals surface area contributed by atoms with Crippen LogP contribution in [0.5, 0.6) is 0 Å². The van der Waals surface area contributed by atoms with Crippen LogP contribution in [0.2, 0.25) is 0 Å². The van der Waals surface area contributed by atoms with E-state index in [0.29, 0.717) is 23.9 Å². The lowest BCUT2D eigenvalue weighted by Gasteiger charge is -2.23. The van der Waals surface area contributed by atoms with Crippen LogP contribution < -0.4 is 4.90 Å². The Bertz CT molecular complexity index is 473. The molecule has 108 valence electrons. The van der Waals surface area contributed by atoms with Gasteiger partial charge in [-0.1, -0.05) is 6.92 Å². The summed E-state index contributed by atoms with van der Waals surface area (Å²) in [6.07, 6.45) is 0. The van der Waals surface area contributed by atoms with Gasteiger partial charge in [0.15, 0.2) is 9.84 Å². The molecular formula is C13H20ClNO3S. The van der Waals surface area contributed by atoms with Crippen molar-refractivity contribution in [3.05, 3.63) is 24.3 Å². The molecule has 0 aliphatic carbocycles. The van der Waals surface area contributed by atoms with Crippen molar-refractivity contribution in [2.75, 3.05) is 43.3 Å². The zero-order chi connectivity index (χ0) is 14.3. The fourth-order valence-electron chi connectivity index (χ4n) is 1.70. The molecule has 1 rings (SSSR count). The lowest BCUT2D eigenvalue weighted by Crippen LogP contribution is -2.29. The number of benzene rings is 1. The monoisotopic (exact) mass is 305 g/mol. The summed E-state index contributed by atoms with van der Waals surface area (Å²) in [7, 11) is -1.49. The van der Waals surface area contributed by atoms with Gasteiger partial charge >= 0.3 is 0 Å². The molecule has 6 heteroatoms. The van der Waals surface area contributed by atoms with Crippen molar-refractivity contribution in [1.29, 1.82) is 0 Å². The van der Waals surface area contributed by atoms with Crippen molar-refractivity contribution in [3.63, 3.8) is 0 Å². The summed E-state index contributed by atoms with van der Waals surface area (Å²) in [5, 5.41) is 0. The van der Waals surface area contributed by atoms with Gasteiger partial charge in [-0.15, -0.1) is 11.6 Å². The summed E-state index contributed by atoms with van der Waals surface area (Å²) < 4.78 is 28.5. The third-order valence-electron chi connectivity index (χ3n) is 2.86. The maximum atomic E-state index is 11.7. The Morgan fingerprint density at radius 3 is 2.32 bits per heavy atom. The highest BCUT2D eigenvalue weighted by Crippen LogP contribution is 2.18. The first-order chi connectivity index (χ1) is 9.05. The van der Waals surface area contributed by atoms with Crippen LogP contribution in [-0.4, -0.2) is 46.9 Å². The summed E-state index contributed by atoms with van der Waals surface area (Å²) in [5.41, 5.74) is 0.952. The number of hydrogen-bond donors (Lipinski definition) is 0. The highest BCUT2D eigenvalue weighted by molar-refractivity contribution is 7.91. The molecule has 1 aromatic rings. The predicted molar refractivity (Wildman–Crippen MR) is 79.0 cm³/mol. The molecule has 0 aliphatic heterocycles. The van der Waals surface area contributed by atoms with Crippen molar-refractivity contribution >= 4 is 27.1 Å². The van der Waals surface area contributed by atoms with E-state index in [0.717, 1.165) is 12.2 Å². The van der Waals surface area contributed by atoms with Crippen LogP contribution >= 0.6 is 11.6 Å². The molecule has 0 unspecified atom stereocenters. The summed E-state index contributed by atoms with van der Waals surface area (Å²) in [6.45, 7) is 3.67. The van der Waals surface area contributed by atoms with E-state index in [1.807, 2.05) is 12.1 Å². The zero-order valence-corrected chi connectivity index (χ0v) is 12.9. The largest absolute Gasteiger partial charge is 0.383 e. The number of hydrogen-bond acceptors (Lipinski definition) is 4. The number of alkyl halides is 1. The molecule has 4 nitrogen and oxygen atoms in total. The van der Waals surface area contributed by atoms with Gasteiger partial charge in [0, 0.05) is 31.8 Å². The SMILES string of the molecule is CCS(=O)(=O)c1ccc(N(CCCl)CCOC)cc1. The average Bonchev–Trinajstić information content (AvgIpc) is 2.43. The fourth-order valence-corrected chi connectivity index (χ4v) is 2.79. The minimum atomic E-state index is -3.14. The van der Waals surface area contributed by atoms with E-state index in [4.69, 9.17) is 16.3 Å². The highest BCUT2D eigenvalue weighted by Gasteiger charge is 2.12. The molecule has 19 heavy (non-hydrogen) atoms. The van der Waals surface area contributed by atoms with E-state index in [1.54, 1.807) is 26.2 Å². The number of sulfone groups is 1. The van der Waals surface area contributed by atoms with Gasteiger partial charge in [-0.2, -0.15) is 0 Å². The molecule has 0 aromatic heterocycles. The first-order valence-electron chi connectivity index (χ1n) is 6.17. The lowest BCUT2D eigenvalue weighted by atomic mass is 10.3. The standard InChI is InChI=1S/C13H20ClNO3S/c1-3-19(16,17)13-6-4-12(5-7-13)15(9-8-14)10-11-18-2/h4-7H,3,8-11H2,1-2H3. The zero-order valence-electron chi connectivity index (χ0n) is 11.3. The topological polar surface area (TPSA) is 46.6 Å². The molecule has 0 aliphatic rings. The smallest absolute Gasteiger partial charge is 0.178 e. The molecule has 0 fully saturated rings. The summed E-state index contributed by atoms with van der Waals surface area (Å²) in [5.74, 6) is 0.625. The maximum Gasteiger partial charge on any atom is 0.178 e. The normalized spacial score (nSPS) is 11.5. The summed E-state index contributed by atoms with van der Waals surface area (Å²) >= 11 is 5.77. The number of rotatable bonds is 8. The highest BCUT2D eigenvalue weighted by atomic mass is 35.5. The quantitative estimate of drug-likeness (QED) is 0.691. The van der Waals surface area contributed by atoms with E-state index in [2.05, 4.69) is 4.90 Å².